The van der Waals surface area contributed by atoms with Crippen molar-refractivity contribution in [1.29, 1.82) is 0 Å². The zero-order chi connectivity index (χ0) is 20.0. The number of aromatic nitrogens is 1. The van der Waals surface area contributed by atoms with Gasteiger partial charge in [0.05, 0.1) is 21.1 Å². The number of nitrogens with one attached hydrogen (secondary N) is 1. The highest BCUT2D eigenvalue weighted by atomic mass is 35.5. The van der Waals surface area contributed by atoms with E-state index in [1.165, 1.54) is 5.56 Å². The summed E-state index contributed by atoms with van der Waals surface area (Å²) in [5, 5.41) is 1.27. The molecular formula is C23H17ClN2O2S. The van der Waals surface area contributed by atoms with Gasteiger partial charge in [0, 0.05) is 22.7 Å². The van der Waals surface area contributed by atoms with Crippen molar-refractivity contribution in [3.8, 4) is 11.1 Å². The Morgan fingerprint density at radius 2 is 1.66 bits per heavy atom. The van der Waals surface area contributed by atoms with Crippen molar-refractivity contribution in [2.75, 3.05) is 4.72 Å². The van der Waals surface area contributed by atoms with E-state index in [0.29, 0.717) is 21.8 Å². The third-order valence-electron chi connectivity index (χ3n) is 5.25. The van der Waals surface area contributed by atoms with Gasteiger partial charge in [-0.05, 0) is 54.3 Å². The lowest BCUT2D eigenvalue weighted by atomic mass is 9.96. The van der Waals surface area contributed by atoms with Crippen molar-refractivity contribution in [2.24, 2.45) is 0 Å². The maximum absolute atomic E-state index is 12.9. The second kappa shape index (κ2) is 6.87. The fraction of sp³-hybridized carbons (Fsp3) is 0.0870. The molecule has 3 aromatic carbocycles. The lowest BCUT2D eigenvalue weighted by Gasteiger charge is -2.23. The van der Waals surface area contributed by atoms with Crippen LogP contribution in [0.5, 0.6) is 0 Å². The van der Waals surface area contributed by atoms with Crippen molar-refractivity contribution in [1.82, 2.24) is 4.98 Å². The van der Waals surface area contributed by atoms with Gasteiger partial charge in [0.1, 0.15) is 0 Å². The van der Waals surface area contributed by atoms with Gasteiger partial charge in [-0.3, -0.25) is 9.71 Å². The molecule has 2 heterocycles. The Hall–Kier alpha value is -2.89. The maximum Gasteiger partial charge on any atom is 0.262 e. The summed E-state index contributed by atoms with van der Waals surface area (Å²) < 4.78 is 28.5. The monoisotopic (exact) mass is 420 g/mol. The topological polar surface area (TPSA) is 59.1 Å². The predicted molar refractivity (Wildman–Crippen MR) is 117 cm³/mol. The molecule has 0 unspecified atom stereocenters. The quantitative estimate of drug-likeness (QED) is 0.479. The van der Waals surface area contributed by atoms with Crippen LogP contribution < -0.4 is 4.72 Å². The van der Waals surface area contributed by atoms with Crippen molar-refractivity contribution >= 4 is 38.2 Å². The first-order valence-electron chi connectivity index (χ1n) is 9.30. The molecule has 0 spiro atoms. The molecule has 0 aliphatic carbocycles. The molecule has 0 atom stereocenters. The molecule has 6 heteroatoms. The molecule has 1 aliphatic rings. The minimum Gasteiger partial charge on any atom is -0.277 e. The summed E-state index contributed by atoms with van der Waals surface area (Å²) in [5.41, 5.74) is 4.79. The standard InChI is InChI=1S/C23H17ClN2O2S/c24-20-14-19-18-13-16(9-8-15-5-2-1-3-6-15)10-11-21(18)29(27,28)26-23(19)22-17(20)7-4-12-25-22/h1-7,10-14,26H,8-9H2. The van der Waals surface area contributed by atoms with Gasteiger partial charge in [-0.15, -0.1) is 0 Å². The minimum atomic E-state index is -3.68. The molecule has 0 fully saturated rings. The first-order valence-corrected chi connectivity index (χ1v) is 11.2. The van der Waals surface area contributed by atoms with E-state index in [2.05, 4.69) is 21.8 Å². The molecule has 1 aliphatic heterocycles. The normalized spacial score (nSPS) is 14.1. The van der Waals surface area contributed by atoms with E-state index < -0.39 is 10.0 Å². The van der Waals surface area contributed by atoms with Crippen LogP contribution in [0.2, 0.25) is 5.02 Å². The Morgan fingerprint density at radius 1 is 0.862 bits per heavy atom. The largest absolute Gasteiger partial charge is 0.277 e. The van der Waals surface area contributed by atoms with Crippen LogP contribution in [0.4, 0.5) is 5.69 Å². The number of nitrogens with zero attached hydrogens (tertiary/aromatic N) is 1. The number of rotatable bonds is 3. The van der Waals surface area contributed by atoms with Crippen LogP contribution >= 0.6 is 11.6 Å². The van der Waals surface area contributed by atoms with E-state index in [1.54, 1.807) is 18.3 Å². The van der Waals surface area contributed by atoms with Crippen molar-refractivity contribution < 1.29 is 8.42 Å². The van der Waals surface area contributed by atoms with E-state index in [9.17, 15) is 8.42 Å². The number of pyridine rings is 1. The molecule has 4 nitrogen and oxygen atoms in total. The van der Waals surface area contributed by atoms with Crippen molar-refractivity contribution in [2.45, 2.75) is 17.7 Å². The van der Waals surface area contributed by atoms with Gasteiger partial charge in [-0.1, -0.05) is 48.0 Å². The first-order chi connectivity index (χ1) is 14.0. The third-order valence-corrected chi connectivity index (χ3v) is 6.97. The summed E-state index contributed by atoms with van der Waals surface area (Å²) in [7, 11) is -3.68. The molecule has 1 aromatic heterocycles. The van der Waals surface area contributed by atoms with Crippen molar-refractivity contribution in [3.05, 3.63) is 89.1 Å². The Morgan fingerprint density at radius 3 is 2.48 bits per heavy atom. The average Bonchev–Trinajstić information content (AvgIpc) is 2.74. The number of benzene rings is 3. The summed E-state index contributed by atoms with van der Waals surface area (Å²) >= 11 is 6.50. The maximum atomic E-state index is 12.9. The third kappa shape index (κ3) is 3.16. The number of halogens is 1. The molecule has 0 saturated heterocycles. The van der Waals surface area contributed by atoms with Crippen molar-refractivity contribution in [3.63, 3.8) is 0 Å². The smallest absolute Gasteiger partial charge is 0.262 e. The fourth-order valence-electron chi connectivity index (χ4n) is 3.82. The number of fused-ring (bicyclic) bond motifs is 5. The van der Waals surface area contributed by atoms with Crippen LogP contribution in [0.3, 0.4) is 0 Å². The number of sulfonamides is 1. The van der Waals surface area contributed by atoms with Crippen LogP contribution in [0.15, 0.2) is 77.8 Å². The predicted octanol–water partition coefficient (Wildman–Crippen LogP) is 5.45. The Labute approximate surface area is 174 Å². The zero-order valence-electron chi connectivity index (χ0n) is 15.4. The molecular weight excluding hydrogens is 404 g/mol. The second-order valence-electron chi connectivity index (χ2n) is 7.10. The Kier molecular flexibility index (Phi) is 4.30. The minimum absolute atomic E-state index is 0.264. The molecule has 0 radical (unpaired) electrons. The van der Waals surface area contributed by atoms with Crippen LogP contribution in [-0.4, -0.2) is 13.4 Å². The van der Waals surface area contributed by atoms with Gasteiger partial charge < -0.3 is 0 Å². The van der Waals surface area contributed by atoms with E-state index >= 15 is 0 Å². The van der Waals surface area contributed by atoms with E-state index in [-0.39, 0.29) is 4.90 Å². The highest BCUT2D eigenvalue weighted by Crippen LogP contribution is 2.45. The number of hydrogen-bond donors (Lipinski definition) is 1. The van der Waals surface area contributed by atoms with Gasteiger partial charge in [0.15, 0.2) is 0 Å². The van der Waals surface area contributed by atoms with Gasteiger partial charge in [-0.2, -0.15) is 0 Å². The highest BCUT2D eigenvalue weighted by molar-refractivity contribution is 7.93. The first kappa shape index (κ1) is 18.2. The van der Waals surface area contributed by atoms with Gasteiger partial charge in [-0.25, -0.2) is 8.42 Å². The summed E-state index contributed by atoms with van der Waals surface area (Å²) in [6.45, 7) is 0. The molecule has 144 valence electrons. The van der Waals surface area contributed by atoms with E-state index in [4.69, 9.17) is 11.6 Å². The van der Waals surface area contributed by atoms with Gasteiger partial charge in [0.2, 0.25) is 0 Å². The van der Waals surface area contributed by atoms with E-state index in [1.807, 2.05) is 42.5 Å². The van der Waals surface area contributed by atoms with Gasteiger partial charge >= 0.3 is 0 Å². The SMILES string of the molecule is O=S1(=O)Nc2c(cc(Cl)c3cccnc23)-c2cc(CCc3ccccc3)ccc21. The lowest BCUT2D eigenvalue weighted by Crippen LogP contribution is -2.19. The summed E-state index contributed by atoms with van der Waals surface area (Å²) in [5.74, 6) is 0. The Bertz CT molecular complexity index is 1350. The number of aryl methyl sites for hydroxylation is 2. The van der Waals surface area contributed by atoms with Gasteiger partial charge in [0.25, 0.3) is 10.0 Å². The summed E-state index contributed by atoms with van der Waals surface area (Å²) in [6, 6.07) is 21.2. The molecule has 5 rings (SSSR count). The second-order valence-corrected chi connectivity index (χ2v) is 9.16. The molecule has 0 saturated carbocycles. The number of hydrogen-bond acceptors (Lipinski definition) is 3. The molecule has 1 N–H and O–H groups in total. The molecule has 0 bridgehead atoms. The molecule has 29 heavy (non-hydrogen) atoms. The molecule has 0 amide bonds. The molecule has 4 aromatic rings. The summed E-state index contributed by atoms with van der Waals surface area (Å²) in [4.78, 5) is 4.64. The van der Waals surface area contributed by atoms with Crippen LogP contribution in [-0.2, 0) is 22.9 Å². The van der Waals surface area contributed by atoms with E-state index in [0.717, 1.165) is 29.4 Å². The fourth-order valence-corrected chi connectivity index (χ4v) is 5.37. The Balaban J connectivity index is 1.65. The number of anilines is 1. The van der Waals surface area contributed by atoms with Crippen LogP contribution in [0, 0.1) is 0 Å². The zero-order valence-corrected chi connectivity index (χ0v) is 17.0. The average molecular weight is 421 g/mol. The van der Waals surface area contributed by atoms with Crippen LogP contribution in [0.1, 0.15) is 11.1 Å². The highest BCUT2D eigenvalue weighted by Gasteiger charge is 2.30. The lowest BCUT2D eigenvalue weighted by molar-refractivity contribution is 0.601. The summed E-state index contributed by atoms with van der Waals surface area (Å²) in [6.07, 6.45) is 3.34. The van der Waals surface area contributed by atoms with Crippen LogP contribution in [0.25, 0.3) is 22.0 Å².